The number of nitrogens with zero attached hydrogens (tertiary/aromatic N) is 5. The van der Waals surface area contributed by atoms with E-state index >= 15 is 0 Å². The molecule has 1 N–H and O–H groups in total. The second-order valence-electron chi connectivity index (χ2n) is 6.15. The van der Waals surface area contributed by atoms with Gasteiger partial charge in [0, 0.05) is 17.6 Å². The van der Waals surface area contributed by atoms with Gasteiger partial charge in [-0.1, -0.05) is 36.7 Å². The monoisotopic (exact) mass is 404 g/mol. The summed E-state index contributed by atoms with van der Waals surface area (Å²) in [6.07, 6.45) is 4.79. The van der Waals surface area contributed by atoms with Gasteiger partial charge in [0.2, 0.25) is 11.1 Å². The van der Waals surface area contributed by atoms with Crippen molar-refractivity contribution < 1.29 is 4.79 Å². The highest BCUT2D eigenvalue weighted by Gasteiger charge is 2.15. The van der Waals surface area contributed by atoms with E-state index in [-0.39, 0.29) is 16.8 Å². The summed E-state index contributed by atoms with van der Waals surface area (Å²) in [5.41, 5.74) is 3.74. The Labute approximate surface area is 167 Å². The lowest BCUT2D eigenvalue weighted by atomic mass is 10.1. The molecule has 1 amide bonds. The minimum absolute atomic E-state index is 0.169. The molecule has 0 radical (unpaired) electrons. The maximum absolute atomic E-state index is 12.2. The topological polar surface area (TPSA) is 85.1 Å². The molecule has 0 atom stereocenters. The summed E-state index contributed by atoms with van der Waals surface area (Å²) in [6.45, 7) is 6.21. The Bertz CT molecular complexity index is 974. The van der Waals surface area contributed by atoms with Crippen molar-refractivity contribution in [3.8, 4) is 0 Å². The molecule has 27 heavy (non-hydrogen) atoms. The van der Waals surface area contributed by atoms with E-state index in [2.05, 4.69) is 32.3 Å². The molecule has 3 heterocycles. The van der Waals surface area contributed by atoms with Crippen LogP contribution in [0, 0.1) is 13.8 Å². The van der Waals surface area contributed by atoms with Crippen molar-refractivity contribution in [2.45, 2.75) is 45.2 Å². The minimum Gasteiger partial charge on any atom is -0.323 e. The molecule has 9 heteroatoms. The standard InChI is InChI=1S/C18H21ClN6OS/c1-4-5-7-13-11(2)21-17-23-18(24-25(17)12(13)3)27-10-15(26)22-14-8-6-9-20-16(14)19/h6,8-9H,4-5,7,10H2,1-3H3,(H,22,26). The molecule has 0 saturated heterocycles. The second-order valence-corrected chi connectivity index (χ2v) is 7.45. The van der Waals surface area contributed by atoms with Gasteiger partial charge in [-0.15, -0.1) is 5.10 Å². The zero-order chi connectivity index (χ0) is 19.4. The molecule has 0 aliphatic rings. The Kier molecular flexibility index (Phi) is 6.28. The maximum atomic E-state index is 12.2. The van der Waals surface area contributed by atoms with Crippen LogP contribution in [-0.2, 0) is 11.2 Å². The van der Waals surface area contributed by atoms with Crippen molar-refractivity contribution in [3.05, 3.63) is 40.4 Å². The molecule has 0 aromatic carbocycles. The minimum atomic E-state index is -0.196. The van der Waals surface area contributed by atoms with Gasteiger partial charge in [-0.2, -0.15) is 4.98 Å². The second kappa shape index (κ2) is 8.67. The van der Waals surface area contributed by atoms with Gasteiger partial charge < -0.3 is 5.32 Å². The lowest BCUT2D eigenvalue weighted by Crippen LogP contribution is -2.14. The van der Waals surface area contributed by atoms with Gasteiger partial charge in [-0.25, -0.2) is 14.5 Å². The fourth-order valence-corrected chi connectivity index (χ4v) is 3.55. The molecule has 3 rings (SSSR count). The molecular weight excluding hydrogens is 384 g/mol. The van der Waals surface area contributed by atoms with Crippen molar-refractivity contribution >= 4 is 40.7 Å². The number of unbranched alkanes of at least 4 members (excludes halogenated alkanes) is 1. The molecule has 0 aliphatic heterocycles. The van der Waals surface area contributed by atoms with Gasteiger partial charge in [0.15, 0.2) is 5.15 Å². The molecule has 142 valence electrons. The average Bonchev–Trinajstić information content (AvgIpc) is 3.05. The summed E-state index contributed by atoms with van der Waals surface area (Å²) in [6, 6.07) is 3.42. The zero-order valence-electron chi connectivity index (χ0n) is 15.5. The van der Waals surface area contributed by atoms with Crippen LogP contribution in [0.2, 0.25) is 5.15 Å². The largest absolute Gasteiger partial charge is 0.323 e. The molecule has 0 unspecified atom stereocenters. The number of carbonyl (C=O) groups is 1. The number of aryl methyl sites for hydroxylation is 2. The van der Waals surface area contributed by atoms with E-state index in [4.69, 9.17) is 11.6 Å². The van der Waals surface area contributed by atoms with Crippen LogP contribution >= 0.6 is 23.4 Å². The molecule has 0 bridgehead atoms. The Morgan fingerprint density at radius 2 is 2.15 bits per heavy atom. The van der Waals surface area contributed by atoms with Crippen molar-refractivity contribution in [3.63, 3.8) is 0 Å². The number of rotatable bonds is 7. The number of hydrogen-bond acceptors (Lipinski definition) is 6. The number of thioether (sulfide) groups is 1. The predicted molar refractivity (Wildman–Crippen MR) is 107 cm³/mol. The molecule has 3 aromatic heterocycles. The summed E-state index contributed by atoms with van der Waals surface area (Å²) in [5, 5.41) is 8.02. The van der Waals surface area contributed by atoms with E-state index in [1.54, 1.807) is 22.8 Å². The molecule has 0 fully saturated rings. The van der Waals surface area contributed by atoms with Gasteiger partial charge in [0.05, 0.1) is 11.4 Å². The van der Waals surface area contributed by atoms with E-state index in [1.807, 2.05) is 13.8 Å². The molecule has 3 aromatic rings. The van der Waals surface area contributed by atoms with Crippen LogP contribution in [0.1, 0.15) is 36.7 Å². The number of fused-ring (bicyclic) bond motifs is 1. The highest BCUT2D eigenvalue weighted by atomic mass is 35.5. The summed E-state index contributed by atoms with van der Waals surface area (Å²) in [4.78, 5) is 25.1. The third kappa shape index (κ3) is 4.56. The molecule has 0 aliphatic carbocycles. The predicted octanol–water partition coefficient (Wildman–Crippen LogP) is 3.86. The van der Waals surface area contributed by atoms with Crippen LogP contribution < -0.4 is 5.32 Å². The first-order chi connectivity index (χ1) is 13.0. The summed E-state index contributed by atoms with van der Waals surface area (Å²) in [5.74, 6) is 0.532. The van der Waals surface area contributed by atoms with Gasteiger partial charge in [-0.3, -0.25) is 4.79 Å². The Balaban J connectivity index is 1.71. The van der Waals surface area contributed by atoms with Crippen molar-refractivity contribution in [2.24, 2.45) is 0 Å². The lowest BCUT2D eigenvalue weighted by molar-refractivity contribution is -0.113. The van der Waals surface area contributed by atoms with Gasteiger partial charge in [0.1, 0.15) is 0 Å². The molecule has 0 spiro atoms. The van der Waals surface area contributed by atoms with E-state index in [1.165, 1.54) is 17.3 Å². The Morgan fingerprint density at radius 3 is 2.89 bits per heavy atom. The average molecular weight is 405 g/mol. The number of hydrogen-bond donors (Lipinski definition) is 1. The highest BCUT2D eigenvalue weighted by molar-refractivity contribution is 7.99. The van der Waals surface area contributed by atoms with Crippen LogP contribution in [0.4, 0.5) is 5.69 Å². The summed E-state index contributed by atoms with van der Waals surface area (Å²) in [7, 11) is 0. The highest BCUT2D eigenvalue weighted by Crippen LogP contribution is 2.21. The van der Waals surface area contributed by atoms with Crippen molar-refractivity contribution in [2.75, 3.05) is 11.1 Å². The Hall–Kier alpha value is -2.19. The normalized spacial score (nSPS) is 11.1. The quantitative estimate of drug-likeness (QED) is 0.475. The summed E-state index contributed by atoms with van der Waals surface area (Å²) < 4.78 is 1.76. The lowest BCUT2D eigenvalue weighted by Gasteiger charge is -2.09. The van der Waals surface area contributed by atoms with Gasteiger partial charge in [0.25, 0.3) is 5.78 Å². The molecule has 7 nitrogen and oxygen atoms in total. The Morgan fingerprint density at radius 1 is 1.33 bits per heavy atom. The first-order valence-electron chi connectivity index (χ1n) is 8.75. The third-order valence-corrected chi connectivity index (χ3v) is 5.31. The first kappa shape index (κ1) is 19.6. The van der Waals surface area contributed by atoms with Gasteiger partial charge >= 0.3 is 0 Å². The molecule has 0 saturated carbocycles. The number of anilines is 1. The van der Waals surface area contributed by atoms with Crippen LogP contribution in [0.5, 0.6) is 0 Å². The number of nitrogens with one attached hydrogen (secondary N) is 1. The fourth-order valence-electron chi connectivity index (χ4n) is 2.76. The fraction of sp³-hybridized carbons (Fsp3) is 0.389. The van der Waals surface area contributed by atoms with E-state index in [9.17, 15) is 4.79 Å². The maximum Gasteiger partial charge on any atom is 0.253 e. The number of carbonyl (C=O) groups excluding carboxylic acids is 1. The van der Waals surface area contributed by atoms with Crippen LogP contribution in [0.25, 0.3) is 5.78 Å². The van der Waals surface area contributed by atoms with Crippen LogP contribution in [0.15, 0.2) is 23.5 Å². The van der Waals surface area contributed by atoms with E-state index < -0.39 is 0 Å². The summed E-state index contributed by atoms with van der Waals surface area (Å²) >= 11 is 7.21. The van der Waals surface area contributed by atoms with E-state index in [0.717, 1.165) is 30.7 Å². The SMILES string of the molecule is CCCCc1c(C)nc2nc(SCC(=O)Nc3cccnc3Cl)nn2c1C. The molecular formula is C18H21ClN6OS. The van der Waals surface area contributed by atoms with Gasteiger partial charge in [-0.05, 0) is 44.4 Å². The number of pyridine rings is 1. The third-order valence-electron chi connectivity index (χ3n) is 4.18. The smallest absolute Gasteiger partial charge is 0.253 e. The van der Waals surface area contributed by atoms with Crippen molar-refractivity contribution in [1.29, 1.82) is 0 Å². The number of amides is 1. The van der Waals surface area contributed by atoms with E-state index in [0.29, 0.717) is 16.6 Å². The van der Waals surface area contributed by atoms with Crippen LogP contribution in [0.3, 0.4) is 0 Å². The zero-order valence-corrected chi connectivity index (χ0v) is 17.1. The first-order valence-corrected chi connectivity index (χ1v) is 10.1. The number of aromatic nitrogens is 5. The van der Waals surface area contributed by atoms with Crippen molar-refractivity contribution in [1.82, 2.24) is 24.6 Å². The van der Waals surface area contributed by atoms with Crippen LogP contribution in [-0.4, -0.2) is 36.2 Å². The number of halogens is 1.